The average Bonchev–Trinajstić information content (AvgIpc) is 3.21. The minimum absolute atomic E-state index is 0.00168. The highest BCUT2D eigenvalue weighted by molar-refractivity contribution is 5.88. The van der Waals surface area contributed by atoms with E-state index in [0.717, 1.165) is 56.8 Å². The maximum atomic E-state index is 12.8. The fourth-order valence-electron chi connectivity index (χ4n) is 3.68. The van der Waals surface area contributed by atoms with Crippen molar-refractivity contribution < 1.29 is 4.79 Å². The number of amides is 2. The second-order valence-corrected chi connectivity index (χ2v) is 6.59. The standard InChI is InChI=1S/C16H23N7O/c1-21-11-8-13(20-21)17-16(24)22-9-4-2-6-12(22)15-19-18-14-7-3-5-10-23(14)15/h8,11-12H,2-7,9-10H2,1H3,(H,17,20,24). The third kappa shape index (κ3) is 2.76. The summed E-state index contributed by atoms with van der Waals surface area (Å²) in [5.41, 5.74) is 0. The lowest BCUT2D eigenvalue weighted by atomic mass is 10.0. The summed E-state index contributed by atoms with van der Waals surface area (Å²) in [4.78, 5) is 14.7. The molecule has 8 heteroatoms. The minimum atomic E-state index is -0.105. The van der Waals surface area contributed by atoms with Crippen LogP contribution >= 0.6 is 0 Å². The normalized spacial score (nSPS) is 20.7. The topological polar surface area (TPSA) is 80.9 Å². The first-order chi connectivity index (χ1) is 11.7. The van der Waals surface area contributed by atoms with Crippen LogP contribution < -0.4 is 5.32 Å². The van der Waals surface area contributed by atoms with Crippen LogP contribution in [0.2, 0.25) is 0 Å². The number of carbonyl (C=O) groups excluding carboxylic acids is 1. The molecule has 0 spiro atoms. The fourth-order valence-corrected chi connectivity index (χ4v) is 3.68. The van der Waals surface area contributed by atoms with Gasteiger partial charge in [-0.25, -0.2) is 4.79 Å². The molecular formula is C16H23N7O. The number of carbonyl (C=O) groups is 1. The molecular weight excluding hydrogens is 306 g/mol. The Morgan fingerprint density at radius 1 is 1.21 bits per heavy atom. The van der Waals surface area contributed by atoms with Crippen molar-refractivity contribution in [2.24, 2.45) is 7.05 Å². The first-order valence-corrected chi connectivity index (χ1v) is 8.71. The van der Waals surface area contributed by atoms with E-state index in [2.05, 4.69) is 25.2 Å². The van der Waals surface area contributed by atoms with Gasteiger partial charge in [-0.05, 0) is 32.1 Å². The zero-order chi connectivity index (χ0) is 16.5. The van der Waals surface area contributed by atoms with Crippen molar-refractivity contribution in [3.05, 3.63) is 23.9 Å². The van der Waals surface area contributed by atoms with Crippen LogP contribution in [0, 0.1) is 0 Å². The van der Waals surface area contributed by atoms with E-state index < -0.39 is 0 Å². The second kappa shape index (κ2) is 6.26. The lowest BCUT2D eigenvalue weighted by Gasteiger charge is -2.35. The Hall–Kier alpha value is -2.38. The molecule has 2 aromatic rings. The zero-order valence-electron chi connectivity index (χ0n) is 14.0. The number of hydrogen-bond donors (Lipinski definition) is 1. The van der Waals surface area contributed by atoms with Gasteiger partial charge in [-0.3, -0.25) is 10.00 Å². The number of rotatable bonds is 2. The second-order valence-electron chi connectivity index (χ2n) is 6.59. The molecule has 0 bridgehead atoms. The molecule has 2 aliphatic heterocycles. The third-order valence-corrected chi connectivity index (χ3v) is 4.90. The summed E-state index contributed by atoms with van der Waals surface area (Å²) in [5.74, 6) is 2.59. The van der Waals surface area contributed by atoms with Gasteiger partial charge in [-0.2, -0.15) is 5.10 Å². The number of urea groups is 1. The first kappa shape index (κ1) is 15.2. The van der Waals surface area contributed by atoms with E-state index in [1.807, 2.05) is 18.1 Å². The van der Waals surface area contributed by atoms with Gasteiger partial charge in [-0.15, -0.1) is 10.2 Å². The van der Waals surface area contributed by atoms with Gasteiger partial charge in [0.15, 0.2) is 11.6 Å². The Labute approximate surface area is 140 Å². The quantitative estimate of drug-likeness (QED) is 0.915. The Morgan fingerprint density at radius 2 is 2.08 bits per heavy atom. The zero-order valence-corrected chi connectivity index (χ0v) is 14.0. The minimum Gasteiger partial charge on any atom is -0.314 e. The van der Waals surface area contributed by atoms with E-state index in [9.17, 15) is 4.79 Å². The lowest BCUT2D eigenvalue weighted by molar-refractivity contribution is 0.156. The smallest absolute Gasteiger partial charge is 0.314 e. The van der Waals surface area contributed by atoms with Crippen molar-refractivity contribution in [3.8, 4) is 0 Å². The van der Waals surface area contributed by atoms with Crippen LogP contribution in [0.25, 0.3) is 0 Å². The fraction of sp³-hybridized carbons (Fsp3) is 0.625. The highest BCUT2D eigenvalue weighted by Gasteiger charge is 2.33. The molecule has 0 aliphatic carbocycles. The molecule has 2 aliphatic rings. The number of aryl methyl sites for hydroxylation is 2. The molecule has 8 nitrogen and oxygen atoms in total. The number of fused-ring (bicyclic) bond motifs is 1. The van der Waals surface area contributed by atoms with Gasteiger partial charge in [0.25, 0.3) is 0 Å². The van der Waals surface area contributed by atoms with Crippen LogP contribution in [0.5, 0.6) is 0 Å². The van der Waals surface area contributed by atoms with Gasteiger partial charge in [0.2, 0.25) is 0 Å². The van der Waals surface area contributed by atoms with Crippen LogP contribution in [0.4, 0.5) is 10.6 Å². The van der Waals surface area contributed by atoms with E-state index in [1.54, 1.807) is 10.7 Å². The van der Waals surface area contributed by atoms with Gasteiger partial charge in [-0.1, -0.05) is 0 Å². The Bertz CT molecular complexity index is 735. The van der Waals surface area contributed by atoms with E-state index in [4.69, 9.17) is 0 Å². The third-order valence-electron chi connectivity index (χ3n) is 4.90. The number of hydrogen-bond acceptors (Lipinski definition) is 4. The molecule has 4 heterocycles. The maximum absolute atomic E-state index is 12.8. The van der Waals surface area contributed by atoms with Gasteiger partial charge in [0.05, 0.1) is 6.04 Å². The average molecular weight is 329 g/mol. The largest absolute Gasteiger partial charge is 0.323 e. The van der Waals surface area contributed by atoms with Crippen molar-refractivity contribution in [2.45, 2.75) is 51.1 Å². The molecule has 2 aromatic heterocycles. The molecule has 1 fully saturated rings. The molecule has 0 radical (unpaired) electrons. The molecule has 4 rings (SSSR count). The Balaban J connectivity index is 1.56. The molecule has 0 saturated carbocycles. The van der Waals surface area contributed by atoms with Gasteiger partial charge < -0.3 is 9.47 Å². The highest BCUT2D eigenvalue weighted by atomic mass is 16.2. The van der Waals surface area contributed by atoms with E-state index >= 15 is 0 Å². The molecule has 24 heavy (non-hydrogen) atoms. The van der Waals surface area contributed by atoms with Gasteiger partial charge >= 0.3 is 6.03 Å². The molecule has 0 aromatic carbocycles. The number of nitrogens with one attached hydrogen (secondary N) is 1. The van der Waals surface area contributed by atoms with E-state index in [0.29, 0.717) is 5.82 Å². The Kier molecular flexibility index (Phi) is 3.95. The monoisotopic (exact) mass is 329 g/mol. The lowest BCUT2D eigenvalue weighted by Crippen LogP contribution is -2.42. The molecule has 1 N–H and O–H groups in total. The molecule has 1 unspecified atom stereocenters. The number of nitrogens with zero attached hydrogens (tertiary/aromatic N) is 6. The van der Waals surface area contributed by atoms with Crippen LogP contribution in [-0.4, -0.2) is 42.0 Å². The van der Waals surface area contributed by atoms with Crippen molar-refractivity contribution in [1.29, 1.82) is 0 Å². The van der Waals surface area contributed by atoms with Crippen molar-refractivity contribution in [2.75, 3.05) is 11.9 Å². The van der Waals surface area contributed by atoms with Crippen molar-refractivity contribution >= 4 is 11.8 Å². The van der Waals surface area contributed by atoms with Crippen molar-refractivity contribution in [1.82, 2.24) is 29.4 Å². The predicted octanol–water partition coefficient (Wildman–Crippen LogP) is 2.11. The summed E-state index contributed by atoms with van der Waals surface area (Å²) >= 11 is 0. The van der Waals surface area contributed by atoms with Crippen molar-refractivity contribution in [3.63, 3.8) is 0 Å². The number of likely N-dealkylation sites (tertiary alicyclic amines) is 1. The van der Waals surface area contributed by atoms with Gasteiger partial charge in [0, 0.05) is 38.8 Å². The Morgan fingerprint density at radius 3 is 2.92 bits per heavy atom. The summed E-state index contributed by atoms with van der Waals surface area (Å²) in [5, 5.41) is 15.9. The van der Waals surface area contributed by atoms with Crippen LogP contribution in [0.1, 0.15) is 49.8 Å². The SMILES string of the molecule is Cn1ccc(NC(=O)N2CCCCC2c2nnc3n2CCCC3)n1. The maximum Gasteiger partial charge on any atom is 0.323 e. The molecule has 128 valence electrons. The molecule has 2 amide bonds. The predicted molar refractivity (Wildman–Crippen MR) is 88.5 cm³/mol. The summed E-state index contributed by atoms with van der Waals surface area (Å²) in [7, 11) is 1.84. The summed E-state index contributed by atoms with van der Waals surface area (Å²) < 4.78 is 3.90. The summed E-state index contributed by atoms with van der Waals surface area (Å²) in [6.07, 6.45) is 8.21. The van der Waals surface area contributed by atoms with Crippen LogP contribution in [0.15, 0.2) is 12.3 Å². The number of aromatic nitrogens is 5. The molecule has 1 atom stereocenters. The van der Waals surface area contributed by atoms with Crippen LogP contribution in [0.3, 0.4) is 0 Å². The molecule has 1 saturated heterocycles. The number of anilines is 1. The van der Waals surface area contributed by atoms with E-state index in [1.165, 1.54) is 6.42 Å². The van der Waals surface area contributed by atoms with E-state index in [-0.39, 0.29) is 12.1 Å². The summed E-state index contributed by atoms with van der Waals surface area (Å²) in [6.45, 7) is 1.70. The highest BCUT2D eigenvalue weighted by Crippen LogP contribution is 2.32. The first-order valence-electron chi connectivity index (χ1n) is 8.71. The van der Waals surface area contributed by atoms with Crippen LogP contribution in [-0.2, 0) is 20.0 Å². The van der Waals surface area contributed by atoms with Gasteiger partial charge in [0.1, 0.15) is 5.82 Å². The number of piperidine rings is 1. The summed E-state index contributed by atoms with van der Waals surface area (Å²) in [6, 6.07) is 1.70.